The number of benzene rings is 1. The third-order valence-corrected chi connectivity index (χ3v) is 2.18. The Balaban J connectivity index is 2.42. The Morgan fingerprint density at radius 3 is 2.39 bits per heavy atom. The van der Waals surface area contributed by atoms with Gasteiger partial charge in [0.1, 0.15) is 0 Å². The van der Waals surface area contributed by atoms with Gasteiger partial charge in [-0.3, -0.25) is 5.10 Å². The lowest BCUT2D eigenvalue weighted by atomic mass is 10.2. The summed E-state index contributed by atoms with van der Waals surface area (Å²) >= 11 is 0. The number of anilines is 1. The first-order chi connectivity index (χ1) is 8.48. The summed E-state index contributed by atoms with van der Waals surface area (Å²) in [6.07, 6.45) is -4.55. The van der Waals surface area contributed by atoms with Crippen molar-refractivity contribution in [2.75, 3.05) is 5.73 Å². The van der Waals surface area contributed by atoms with Crippen molar-refractivity contribution in [3.63, 3.8) is 0 Å². The molecule has 3 N–H and O–H groups in total. The predicted molar refractivity (Wildman–Crippen MR) is 60.4 cm³/mol. The molecule has 0 radical (unpaired) electrons. The molecule has 0 aliphatic heterocycles. The molecule has 92 valence electrons. The molecule has 1 aromatic carbocycles. The molecule has 0 unspecified atom stereocenters. The number of alkyl halides is 3. The fourth-order valence-corrected chi connectivity index (χ4v) is 1.34. The van der Waals surface area contributed by atoms with E-state index >= 15 is 0 Å². The Hall–Kier alpha value is -2.42. The van der Waals surface area contributed by atoms with Crippen LogP contribution in [0.15, 0.2) is 30.3 Å². The van der Waals surface area contributed by atoms with E-state index in [0.29, 0.717) is 5.56 Å². The zero-order valence-corrected chi connectivity index (χ0v) is 9.05. The second-order valence-corrected chi connectivity index (χ2v) is 3.47. The van der Waals surface area contributed by atoms with Crippen LogP contribution in [0.5, 0.6) is 0 Å². The molecule has 0 atom stereocenters. The Morgan fingerprint density at radius 2 is 1.78 bits per heavy atom. The number of nitrogens with zero attached hydrogens (tertiary/aromatic N) is 1. The summed E-state index contributed by atoms with van der Waals surface area (Å²) in [5.41, 5.74) is 4.61. The minimum atomic E-state index is -4.55. The third-order valence-electron chi connectivity index (χ3n) is 2.18. The zero-order chi connectivity index (χ0) is 13.2. The number of hydrogen-bond acceptors (Lipinski definition) is 2. The van der Waals surface area contributed by atoms with Crippen LogP contribution >= 0.6 is 0 Å². The normalized spacial score (nSPS) is 10.8. The molecular weight excluding hydrogens is 243 g/mol. The third kappa shape index (κ3) is 2.46. The van der Waals surface area contributed by atoms with E-state index in [2.05, 4.69) is 16.9 Å². The van der Waals surface area contributed by atoms with Crippen LogP contribution in [0.4, 0.5) is 19.0 Å². The Labute approximate surface area is 101 Å². The second kappa shape index (κ2) is 4.45. The maximum absolute atomic E-state index is 12.6. The first-order valence-corrected chi connectivity index (χ1v) is 4.96. The summed E-state index contributed by atoms with van der Waals surface area (Å²) < 4.78 is 37.8. The lowest BCUT2D eigenvalue weighted by Gasteiger charge is -2.02. The average molecular weight is 251 g/mol. The molecular formula is C12H8F3N3. The lowest BCUT2D eigenvalue weighted by Crippen LogP contribution is -2.08. The van der Waals surface area contributed by atoms with Gasteiger partial charge in [0.25, 0.3) is 0 Å². The van der Waals surface area contributed by atoms with Crippen LogP contribution in [-0.4, -0.2) is 10.2 Å². The van der Waals surface area contributed by atoms with Crippen LogP contribution < -0.4 is 5.73 Å². The number of nitrogen functional groups attached to an aromatic ring is 1. The van der Waals surface area contributed by atoms with Gasteiger partial charge in [0.15, 0.2) is 11.5 Å². The number of hydrogen-bond donors (Lipinski definition) is 2. The predicted octanol–water partition coefficient (Wildman–Crippen LogP) is 2.41. The van der Waals surface area contributed by atoms with E-state index < -0.39 is 11.9 Å². The van der Waals surface area contributed by atoms with Crippen LogP contribution in [0, 0.1) is 11.8 Å². The van der Waals surface area contributed by atoms with Crippen molar-refractivity contribution < 1.29 is 13.2 Å². The van der Waals surface area contributed by atoms with Gasteiger partial charge in [0, 0.05) is 5.56 Å². The van der Waals surface area contributed by atoms with E-state index in [0.717, 1.165) is 0 Å². The fourth-order valence-electron chi connectivity index (χ4n) is 1.34. The standard InChI is InChI=1S/C12H8F3N3/c13-12(14,15)10-9(11(16)18-17-10)7-6-8-4-2-1-3-5-8/h1-5H,(H3,16,17,18). The Bertz CT molecular complexity index is 603. The summed E-state index contributed by atoms with van der Waals surface area (Å²) in [5, 5.41) is 5.17. The Kier molecular flexibility index (Phi) is 2.98. The molecule has 2 aromatic rings. The Morgan fingerprint density at radius 1 is 1.11 bits per heavy atom. The van der Waals surface area contributed by atoms with E-state index in [-0.39, 0.29) is 11.4 Å². The van der Waals surface area contributed by atoms with Gasteiger partial charge in [-0.25, -0.2) is 0 Å². The first-order valence-electron chi connectivity index (χ1n) is 4.96. The maximum atomic E-state index is 12.6. The fraction of sp³-hybridized carbons (Fsp3) is 0.0833. The van der Waals surface area contributed by atoms with Gasteiger partial charge in [-0.15, -0.1) is 0 Å². The van der Waals surface area contributed by atoms with Crippen LogP contribution in [0.1, 0.15) is 16.8 Å². The summed E-state index contributed by atoms with van der Waals surface area (Å²) in [5.74, 6) is 4.75. The number of rotatable bonds is 0. The molecule has 0 spiro atoms. The second-order valence-electron chi connectivity index (χ2n) is 3.47. The SMILES string of the molecule is Nc1n[nH]c(C(F)(F)F)c1C#Cc1ccccc1. The summed E-state index contributed by atoms with van der Waals surface area (Å²) in [4.78, 5) is 0. The maximum Gasteiger partial charge on any atom is 0.434 e. The van der Waals surface area contributed by atoms with Gasteiger partial charge in [-0.1, -0.05) is 30.0 Å². The van der Waals surface area contributed by atoms with E-state index in [9.17, 15) is 13.2 Å². The highest BCUT2D eigenvalue weighted by atomic mass is 19.4. The number of nitrogens with two attached hydrogens (primary N) is 1. The van der Waals surface area contributed by atoms with Crippen LogP contribution in [0.2, 0.25) is 0 Å². The van der Waals surface area contributed by atoms with Crippen molar-refractivity contribution in [3.8, 4) is 11.8 Å². The van der Waals surface area contributed by atoms with Crippen LogP contribution in [0.3, 0.4) is 0 Å². The smallest absolute Gasteiger partial charge is 0.381 e. The van der Waals surface area contributed by atoms with E-state index in [1.54, 1.807) is 30.3 Å². The number of aromatic amines is 1. The molecule has 0 bridgehead atoms. The molecule has 0 fully saturated rings. The van der Waals surface area contributed by atoms with Gasteiger partial charge in [-0.2, -0.15) is 18.3 Å². The summed E-state index contributed by atoms with van der Waals surface area (Å²) in [7, 11) is 0. The first kappa shape index (κ1) is 12.0. The number of aromatic nitrogens is 2. The highest BCUT2D eigenvalue weighted by Gasteiger charge is 2.36. The minimum absolute atomic E-state index is 0.259. The highest BCUT2D eigenvalue weighted by molar-refractivity contribution is 5.56. The molecule has 1 heterocycles. The largest absolute Gasteiger partial charge is 0.434 e. The topological polar surface area (TPSA) is 54.7 Å². The molecule has 2 rings (SSSR count). The monoisotopic (exact) mass is 251 g/mol. The lowest BCUT2D eigenvalue weighted by molar-refractivity contribution is -0.141. The van der Waals surface area contributed by atoms with Crippen molar-refractivity contribution in [1.82, 2.24) is 10.2 Å². The number of halogens is 3. The van der Waals surface area contributed by atoms with Gasteiger partial charge in [0.05, 0.1) is 5.56 Å². The highest BCUT2D eigenvalue weighted by Crippen LogP contribution is 2.31. The molecule has 0 aliphatic carbocycles. The number of nitrogens with one attached hydrogen (secondary N) is 1. The van der Waals surface area contributed by atoms with Gasteiger partial charge < -0.3 is 5.73 Å². The van der Waals surface area contributed by atoms with Gasteiger partial charge in [-0.05, 0) is 12.1 Å². The molecule has 6 heteroatoms. The van der Waals surface area contributed by atoms with Crippen molar-refractivity contribution >= 4 is 5.82 Å². The zero-order valence-electron chi connectivity index (χ0n) is 9.05. The molecule has 0 saturated heterocycles. The van der Waals surface area contributed by atoms with E-state index in [1.165, 1.54) is 0 Å². The van der Waals surface area contributed by atoms with Crippen molar-refractivity contribution in [2.24, 2.45) is 0 Å². The van der Waals surface area contributed by atoms with Gasteiger partial charge in [0.2, 0.25) is 0 Å². The van der Waals surface area contributed by atoms with Crippen molar-refractivity contribution in [3.05, 3.63) is 47.2 Å². The molecule has 18 heavy (non-hydrogen) atoms. The van der Waals surface area contributed by atoms with E-state index in [1.807, 2.05) is 5.10 Å². The molecule has 3 nitrogen and oxygen atoms in total. The summed E-state index contributed by atoms with van der Waals surface area (Å²) in [6.45, 7) is 0. The minimum Gasteiger partial charge on any atom is -0.381 e. The number of H-pyrrole nitrogens is 1. The quantitative estimate of drug-likeness (QED) is 0.706. The van der Waals surface area contributed by atoms with Crippen molar-refractivity contribution in [1.29, 1.82) is 0 Å². The van der Waals surface area contributed by atoms with Crippen LogP contribution in [0.25, 0.3) is 0 Å². The van der Waals surface area contributed by atoms with Crippen molar-refractivity contribution in [2.45, 2.75) is 6.18 Å². The summed E-state index contributed by atoms with van der Waals surface area (Å²) in [6, 6.07) is 8.66. The molecule has 0 saturated carbocycles. The van der Waals surface area contributed by atoms with Gasteiger partial charge >= 0.3 is 6.18 Å². The molecule has 1 aromatic heterocycles. The average Bonchev–Trinajstić information content (AvgIpc) is 2.69. The molecule has 0 aliphatic rings. The van der Waals surface area contributed by atoms with E-state index in [4.69, 9.17) is 5.73 Å². The molecule has 0 amide bonds. The van der Waals surface area contributed by atoms with Crippen LogP contribution in [-0.2, 0) is 6.18 Å².